The van der Waals surface area contributed by atoms with Gasteiger partial charge in [-0.05, 0) is 30.3 Å². The summed E-state index contributed by atoms with van der Waals surface area (Å²) in [5.41, 5.74) is 0.945. The lowest BCUT2D eigenvalue weighted by molar-refractivity contribution is 0.102. The summed E-state index contributed by atoms with van der Waals surface area (Å²) in [7, 11) is 0. The molecule has 0 aromatic heterocycles. The second-order valence-electron chi connectivity index (χ2n) is 4.48. The number of carbonyl (C=O) groups excluding carboxylic acids is 1. The molecule has 2 aromatic carbocycles. The van der Waals surface area contributed by atoms with E-state index in [9.17, 15) is 9.90 Å². The van der Waals surface area contributed by atoms with Gasteiger partial charge in [0, 0.05) is 17.3 Å². The number of hydrogen-bond donors (Lipinski definition) is 2. The van der Waals surface area contributed by atoms with Crippen LogP contribution in [-0.4, -0.2) is 24.2 Å². The highest BCUT2D eigenvalue weighted by atomic mass is 35.5. The maximum atomic E-state index is 12.1. The fourth-order valence-corrected chi connectivity index (χ4v) is 2.15. The average Bonchev–Trinajstić information content (AvgIpc) is 2.50. The third-order valence-corrected chi connectivity index (χ3v) is 3.31. The first-order valence-corrected chi connectivity index (χ1v) is 6.71. The molecule has 0 spiro atoms. The molecule has 1 amide bonds. The second-order valence-corrected chi connectivity index (χ2v) is 4.89. The van der Waals surface area contributed by atoms with Crippen LogP contribution in [0.2, 0.25) is 5.02 Å². The zero-order valence-corrected chi connectivity index (χ0v) is 11.7. The predicted molar refractivity (Wildman–Crippen MR) is 78.5 cm³/mol. The lowest BCUT2D eigenvalue weighted by Crippen LogP contribution is -2.16. The molecule has 0 saturated carbocycles. The molecule has 0 radical (unpaired) electrons. The number of amides is 1. The van der Waals surface area contributed by atoms with Crippen LogP contribution in [0, 0.1) is 0 Å². The largest absolute Gasteiger partial charge is 0.506 e. The number of benzene rings is 2. The number of phenolic OH excluding ortho intramolecular Hbond substituents is 1. The molecule has 108 valence electrons. The van der Waals surface area contributed by atoms with E-state index in [4.69, 9.17) is 21.1 Å². The van der Waals surface area contributed by atoms with Crippen molar-refractivity contribution in [2.45, 2.75) is 0 Å². The van der Waals surface area contributed by atoms with Crippen LogP contribution in [0.1, 0.15) is 10.4 Å². The van der Waals surface area contributed by atoms with Gasteiger partial charge >= 0.3 is 0 Å². The third-order valence-electron chi connectivity index (χ3n) is 3.01. The number of hydrogen-bond acceptors (Lipinski definition) is 4. The molecular formula is C15H12ClNO4. The summed E-state index contributed by atoms with van der Waals surface area (Å²) in [4.78, 5) is 12.1. The maximum absolute atomic E-state index is 12.1. The Balaban J connectivity index is 1.79. The minimum absolute atomic E-state index is 0.0625. The van der Waals surface area contributed by atoms with Crippen molar-refractivity contribution in [1.29, 1.82) is 0 Å². The van der Waals surface area contributed by atoms with Gasteiger partial charge in [0.15, 0.2) is 11.5 Å². The molecule has 1 aliphatic heterocycles. The van der Waals surface area contributed by atoms with E-state index >= 15 is 0 Å². The van der Waals surface area contributed by atoms with Crippen LogP contribution >= 0.6 is 11.6 Å². The molecule has 21 heavy (non-hydrogen) atoms. The van der Waals surface area contributed by atoms with Gasteiger partial charge in [-0.3, -0.25) is 4.79 Å². The lowest BCUT2D eigenvalue weighted by Gasteiger charge is -2.19. The summed E-state index contributed by atoms with van der Waals surface area (Å²) in [6, 6.07) is 9.45. The molecule has 0 bridgehead atoms. The number of nitrogens with one attached hydrogen (secondary N) is 1. The van der Waals surface area contributed by atoms with Crippen molar-refractivity contribution in [3.63, 3.8) is 0 Å². The first-order chi connectivity index (χ1) is 10.1. The first-order valence-electron chi connectivity index (χ1n) is 6.33. The Morgan fingerprint density at radius 2 is 1.86 bits per heavy atom. The van der Waals surface area contributed by atoms with Crippen LogP contribution in [0.25, 0.3) is 0 Å². The maximum Gasteiger partial charge on any atom is 0.255 e. The molecule has 2 aromatic rings. The number of rotatable bonds is 2. The monoisotopic (exact) mass is 305 g/mol. The molecule has 6 heteroatoms. The number of anilines is 1. The fraction of sp³-hybridized carbons (Fsp3) is 0.133. The first kappa shape index (κ1) is 13.6. The van der Waals surface area contributed by atoms with Gasteiger partial charge in [0.1, 0.15) is 19.0 Å². The van der Waals surface area contributed by atoms with Gasteiger partial charge in [0.05, 0.1) is 5.02 Å². The highest BCUT2D eigenvalue weighted by Gasteiger charge is 2.14. The molecule has 1 aliphatic rings. The van der Waals surface area contributed by atoms with E-state index in [1.165, 1.54) is 18.2 Å². The third kappa shape index (κ3) is 2.87. The van der Waals surface area contributed by atoms with Crippen LogP contribution in [0.3, 0.4) is 0 Å². The SMILES string of the molecule is O=C(Nc1ccc2c(c1)OCCO2)c1ccc(O)c(Cl)c1. The molecule has 5 nitrogen and oxygen atoms in total. The van der Waals surface area contributed by atoms with Gasteiger partial charge in [-0.15, -0.1) is 0 Å². The number of halogens is 1. The van der Waals surface area contributed by atoms with Crippen LogP contribution in [0.5, 0.6) is 17.2 Å². The zero-order chi connectivity index (χ0) is 14.8. The van der Waals surface area contributed by atoms with E-state index < -0.39 is 0 Å². The Bertz CT molecular complexity index is 702. The van der Waals surface area contributed by atoms with Crippen LogP contribution in [0.15, 0.2) is 36.4 Å². The minimum atomic E-state index is -0.325. The summed E-state index contributed by atoms with van der Waals surface area (Å²) in [5.74, 6) is 0.871. The Morgan fingerprint density at radius 1 is 1.10 bits per heavy atom. The fourth-order valence-electron chi connectivity index (χ4n) is 1.97. The molecule has 0 aliphatic carbocycles. The quantitative estimate of drug-likeness (QED) is 0.895. The molecule has 1 heterocycles. The Hall–Kier alpha value is -2.40. The van der Waals surface area contributed by atoms with Crippen molar-refractivity contribution in [1.82, 2.24) is 0 Å². The van der Waals surface area contributed by atoms with Crippen LogP contribution < -0.4 is 14.8 Å². The van der Waals surface area contributed by atoms with E-state index in [0.717, 1.165) is 0 Å². The minimum Gasteiger partial charge on any atom is -0.506 e. The Labute approximate surface area is 126 Å². The molecule has 0 saturated heterocycles. The highest BCUT2D eigenvalue weighted by molar-refractivity contribution is 6.32. The van der Waals surface area contributed by atoms with Crippen molar-refractivity contribution >= 4 is 23.2 Å². The molecule has 2 N–H and O–H groups in total. The summed E-state index contributed by atoms with van der Waals surface area (Å²) in [6.45, 7) is 1.00. The van der Waals surface area contributed by atoms with Gasteiger partial charge in [-0.1, -0.05) is 11.6 Å². The Morgan fingerprint density at radius 3 is 2.62 bits per heavy atom. The topological polar surface area (TPSA) is 67.8 Å². The van der Waals surface area contributed by atoms with Crippen LogP contribution in [0.4, 0.5) is 5.69 Å². The van der Waals surface area contributed by atoms with Gasteiger partial charge in [0.2, 0.25) is 0 Å². The lowest BCUT2D eigenvalue weighted by atomic mass is 10.2. The molecule has 0 fully saturated rings. The predicted octanol–water partition coefficient (Wildman–Crippen LogP) is 3.07. The standard InChI is InChI=1S/C15H12ClNO4/c16-11-7-9(1-3-12(11)18)15(19)17-10-2-4-13-14(8-10)21-6-5-20-13/h1-4,7-8,18H,5-6H2,(H,17,19). The summed E-state index contributed by atoms with van der Waals surface area (Å²) < 4.78 is 10.9. The van der Waals surface area contributed by atoms with Gasteiger partial charge < -0.3 is 19.9 Å². The number of ether oxygens (including phenoxy) is 2. The summed E-state index contributed by atoms with van der Waals surface area (Å²) in [6.07, 6.45) is 0. The van der Waals surface area contributed by atoms with Gasteiger partial charge in [-0.2, -0.15) is 0 Å². The average molecular weight is 306 g/mol. The number of aromatic hydroxyl groups is 1. The number of phenols is 1. The van der Waals surface area contributed by atoms with Crippen molar-refractivity contribution in [2.24, 2.45) is 0 Å². The number of carbonyl (C=O) groups is 1. The van der Waals surface area contributed by atoms with E-state index in [2.05, 4.69) is 5.32 Å². The van der Waals surface area contributed by atoms with Gasteiger partial charge in [-0.25, -0.2) is 0 Å². The van der Waals surface area contributed by atoms with E-state index in [0.29, 0.717) is 36.0 Å². The zero-order valence-electron chi connectivity index (χ0n) is 10.9. The summed E-state index contributed by atoms with van der Waals surface area (Å²) in [5, 5.41) is 12.2. The molecule has 0 unspecified atom stereocenters. The molecular weight excluding hydrogens is 294 g/mol. The van der Waals surface area contributed by atoms with E-state index in [1.54, 1.807) is 18.2 Å². The van der Waals surface area contributed by atoms with Crippen LogP contribution in [-0.2, 0) is 0 Å². The van der Waals surface area contributed by atoms with E-state index in [1.807, 2.05) is 0 Å². The van der Waals surface area contributed by atoms with Crippen molar-refractivity contribution < 1.29 is 19.4 Å². The van der Waals surface area contributed by atoms with Crippen molar-refractivity contribution in [2.75, 3.05) is 18.5 Å². The summed E-state index contributed by atoms with van der Waals surface area (Å²) >= 11 is 5.79. The van der Waals surface area contributed by atoms with Crippen molar-refractivity contribution in [3.05, 3.63) is 47.0 Å². The highest BCUT2D eigenvalue weighted by Crippen LogP contribution is 2.33. The van der Waals surface area contributed by atoms with Crippen molar-refractivity contribution in [3.8, 4) is 17.2 Å². The molecule has 3 rings (SSSR count). The second kappa shape index (κ2) is 5.54. The number of fused-ring (bicyclic) bond motifs is 1. The normalized spacial score (nSPS) is 12.8. The smallest absolute Gasteiger partial charge is 0.255 e. The Kier molecular flexibility index (Phi) is 3.58. The molecule has 0 atom stereocenters. The van der Waals surface area contributed by atoms with E-state index in [-0.39, 0.29) is 16.7 Å². The van der Waals surface area contributed by atoms with Gasteiger partial charge in [0.25, 0.3) is 5.91 Å².